The number of hydrogen-bond donors (Lipinski definition) is 2. The van der Waals surface area contributed by atoms with E-state index in [2.05, 4.69) is 10.2 Å². The van der Waals surface area contributed by atoms with Crippen molar-refractivity contribution >= 4 is 16.5 Å². The largest absolute Gasteiger partial charge is 0.493 e. The van der Waals surface area contributed by atoms with Gasteiger partial charge in [0.25, 0.3) is 0 Å². The van der Waals surface area contributed by atoms with E-state index in [9.17, 15) is 10.0 Å². The molecule has 0 aliphatic heterocycles. The molecule has 1 aliphatic rings. The summed E-state index contributed by atoms with van der Waals surface area (Å²) in [6.07, 6.45) is 0. The number of aromatic nitrogens is 1. The molecule has 0 amide bonds. The van der Waals surface area contributed by atoms with Crippen LogP contribution in [0.15, 0.2) is 41.6 Å². The second-order valence-corrected chi connectivity index (χ2v) is 4.37. The van der Waals surface area contributed by atoms with Crippen LogP contribution in [0, 0.1) is 4.91 Å². The summed E-state index contributed by atoms with van der Waals surface area (Å²) in [5, 5.41) is 14.9. The van der Waals surface area contributed by atoms with Crippen molar-refractivity contribution in [2.75, 3.05) is 0 Å². The highest BCUT2D eigenvalue weighted by atomic mass is 16.3. The predicted molar refractivity (Wildman–Crippen MR) is 69.8 cm³/mol. The van der Waals surface area contributed by atoms with Crippen molar-refractivity contribution in [2.45, 2.75) is 0 Å². The molecule has 2 N–H and O–H groups in total. The van der Waals surface area contributed by atoms with Gasteiger partial charge in [-0.2, -0.15) is 0 Å². The number of nitrogens with one attached hydrogen (secondary N) is 1. The number of aromatic hydroxyl groups is 1. The van der Waals surface area contributed by atoms with E-state index in [1.807, 2.05) is 36.4 Å². The third-order valence-electron chi connectivity index (χ3n) is 3.49. The van der Waals surface area contributed by atoms with Crippen molar-refractivity contribution in [1.29, 1.82) is 0 Å². The molecule has 0 radical (unpaired) electrons. The minimum atomic E-state index is -0.165. The Morgan fingerprint density at radius 1 is 1.06 bits per heavy atom. The van der Waals surface area contributed by atoms with Crippen molar-refractivity contribution in [3.05, 3.63) is 41.3 Å². The maximum atomic E-state index is 10.9. The summed E-state index contributed by atoms with van der Waals surface area (Å²) in [7, 11) is 0. The fourth-order valence-electron chi connectivity index (χ4n) is 2.79. The number of benzene rings is 2. The second-order valence-electron chi connectivity index (χ2n) is 4.37. The van der Waals surface area contributed by atoms with Gasteiger partial charge in [-0.25, -0.2) is 0 Å². The van der Waals surface area contributed by atoms with Crippen LogP contribution in [0.1, 0.15) is 0 Å². The van der Waals surface area contributed by atoms with Gasteiger partial charge in [0.15, 0.2) is 5.69 Å². The number of hydrogen-bond acceptors (Lipinski definition) is 3. The fraction of sp³-hybridized carbons (Fsp3) is 0. The Kier molecular flexibility index (Phi) is 1.56. The van der Waals surface area contributed by atoms with Gasteiger partial charge in [-0.15, -0.1) is 4.91 Å². The van der Waals surface area contributed by atoms with Gasteiger partial charge in [-0.05, 0) is 21.5 Å². The summed E-state index contributed by atoms with van der Waals surface area (Å²) in [5.41, 5.74) is 3.52. The van der Waals surface area contributed by atoms with Gasteiger partial charge >= 0.3 is 0 Å². The van der Waals surface area contributed by atoms with Crippen LogP contribution in [0.4, 0.5) is 5.69 Å². The molecule has 1 aliphatic carbocycles. The van der Waals surface area contributed by atoms with Crippen LogP contribution in [0.25, 0.3) is 33.2 Å². The summed E-state index contributed by atoms with van der Waals surface area (Å²) in [6, 6.07) is 11.9. The van der Waals surface area contributed by atoms with Gasteiger partial charge in [-0.1, -0.05) is 36.4 Å². The quantitative estimate of drug-likeness (QED) is 0.492. The van der Waals surface area contributed by atoms with E-state index < -0.39 is 0 Å². The smallest absolute Gasteiger partial charge is 0.219 e. The average Bonchev–Trinajstić information content (AvgIpc) is 2.87. The molecular weight excluding hydrogens is 228 g/mol. The van der Waals surface area contributed by atoms with Gasteiger partial charge in [0.2, 0.25) is 5.88 Å². The van der Waals surface area contributed by atoms with Crippen LogP contribution in [0.5, 0.6) is 5.88 Å². The molecule has 4 rings (SSSR count). The van der Waals surface area contributed by atoms with E-state index in [-0.39, 0.29) is 11.6 Å². The summed E-state index contributed by atoms with van der Waals surface area (Å²) in [4.78, 5) is 13.7. The van der Waals surface area contributed by atoms with Crippen LogP contribution in [0.2, 0.25) is 0 Å². The Balaban J connectivity index is 2.26. The van der Waals surface area contributed by atoms with E-state index in [1.165, 1.54) is 0 Å². The molecule has 1 aromatic heterocycles. The lowest BCUT2D eigenvalue weighted by Crippen LogP contribution is -1.76. The Bertz CT molecular complexity index is 813. The van der Waals surface area contributed by atoms with Crippen molar-refractivity contribution in [2.24, 2.45) is 5.18 Å². The first-order valence-corrected chi connectivity index (χ1v) is 5.62. The first-order valence-electron chi connectivity index (χ1n) is 5.62. The second kappa shape index (κ2) is 2.98. The number of fused-ring (bicyclic) bond motifs is 3. The number of nitroso groups, excluding NO2 is 1. The SMILES string of the molecule is O=Nc1c(O)[nH]c2c1-c1cccc3cccc-2c13. The van der Waals surface area contributed by atoms with E-state index in [4.69, 9.17) is 0 Å². The Labute approximate surface area is 102 Å². The first-order chi connectivity index (χ1) is 8.81. The zero-order valence-corrected chi connectivity index (χ0v) is 9.27. The van der Waals surface area contributed by atoms with Crippen molar-refractivity contribution in [3.63, 3.8) is 0 Å². The van der Waals surface area contributed by atoms with Gasteiger partial charge in [0.05, 0.1) is 5.69 Å². The molecular formula is C14H8N2O2. The maximum Gasteiger partial charge on any atom is 0.219 e. The third-order valence-corrected chi connectivity index (χ3v) is 3.49. The predicted octanol–water partition coefficient (Wildman–Crippen LogP) is 3.92. The van der Waals surface area contributed by atoms with Crippen molar-refractivity contribution in [3.8, 4) is 28.3 Å². The number of nitrogens with zero attached hydrogens (tertiary/aromatic N) is 1. The fourth-order valence-corrected chi connectivity index (χ4v) is 2.79. The van der Waals surface area contributed by atoms with Crippen molar-refractivity contribution in [1.82, 2.24) is 4.98 Å². The lowest BCUT2D eigenvalue weighted by Gasteiger charge is -2.02. The molecule has 0 spiro atoms. The highest BCUT2D eigenvalue weighted by molar-refractivity contribution is 6.17. The van der Waals surface area contributed by atoms with Crippen LogP contribution in [-0.4, -0.2) is 10.1 Å². The normalized spacial score (nSPS) is 11.8. The van der Waals surface area contributed by atoms with Crippen LogP contribution in [0.3, 0.4) is 0 Å². The summed E-state index contributed by atoms with van der Waals surface area (Å²) in [5.74, 6) is -0.165. The van der Waals surface area contributed by atoms with Gasteiger partial charge in [0, 0.05) is 11.1 Å². The minimum absolute atomic E-state index is 0.0914. The van der Waals surface area contributed by atoms with E-state index in [0.29, 0.717) is 5.56 Å². The Hall–Kier alpha value is -2.62. The molecule has 0 saturated heterocycles. The highest BCUT2D eigenvalue weighted by Crippen LogP contribution is 2.53. The Morgan fingerprint density at radius 3 is 2.50 bits per heavy atom. The molecule has 0 atom stereocenters. The summed E-state index contributed by atoms with van der Waals surface area (Å²) < 4.78 is 0. The molecule has 0 bridgehead atoms. The molecule has 3 aromatic rings. The minimum Gasteiger partial charge on any atom is -0.493 e. The third kappa shape index (κ3) is 0.913. The van der Waals surface area contributed by atoms with Crippen molar-refractivity contribution < 1.29 is 5.11 Å². The standard InChI is InChI=1S/C14H8N2O2/c17-14-13(16-18)11-8-5-1-3-7-4-2-6-9(10(7)8)12(11)15-14/h1-6,15,17H. The van der Waals surface area contributed by atoms with E-state index in [1.54, 1.807) is 0 Å². The van der Waals surface area contributed by atoms with Gasteiger partial charge < -0.3 is 10.1 Å². The Morgan fingerprint density at radius 2 is 1.78 bits per heavy atom. The van der Waals surface area contributed by atoms with Gasteiger partial charge in [-0.3, -0.25) is 0 Å². The van der Waals surface area contributed by atoms with Gasteiger partial charge in [0.1, 0.15) is 0 Å². The van der Waals surface area contributed by atoms with Crippen LogP contribution in [-0.2, 0) is 0 Å². The van der Waals surface area contributed by atoms with E-state index >= 15 is 0 Å². The molecule has 4 nitrogen and oxygen atoms in total. The molecule has 4 heteroatoms. The number of H-pyrrole nitrogens is 1. The summed E-state index contributed by atoms with van der Waals surface area (Å²) in [6.45, 7) is 0. The number of rotatable bonds is 1. The highest BCUT2D eigenvalue weighted by Gasteiger charge is 2.28. The summed E-state index contributed by atoms with van der Waals surface area (Å²) >= 11 is 0. The molecule has 0 unspecified atom stereocenters. The topological polar surface area (TPSA) is 65.4 Å². The molecule has 18 heavy (non-hydrogen) atoms. The zero-order valence-electron chi connectivity index (χ0n) is 9.27. The lowest BCUT2D eigenvalue weighted by molar-refractivity contribution is 0.459. The number of aromatic amines is 1. The monoisotopic (exact) mass is 236 g/mol. The zero-order chi connectivity index (χ0) is 12.3. The maximum absolute atomic E-state index is 10.9. The molecule has 0 fully saturated rings. The first kappa shape index (κ1) is 9.41. The molecule has 2 aromatic carbocycles. The van der Waals surface area contributed by atoms with E-state index in [0.717, 1.165) is 27.6 Å². The molecule has 86 valence electrons. The van der Waals surface area contributed by atoms with Crippen LogP contribution < -0.4 is 0 Å². The molecule has 0 saturated carbocycles. The lowest BCUT2D eigenvalue weighted by atomic mass is 10.0. The van der Waals surface area contributed by atoms with Crippen LogP contribution >= 0.6 is 0 Å². The molecule has 1 heterocycles. The average molecular weight is 236 g/mol.